The normalized spacial score (nSPS) is 11.2. The molecule has 0 atom stereocenters. The van der Waals surface area contributed by atoms with Crippen molar-refractivity contribution in [2.24, 2.45) is 5.73 Å². The molecule has 0 bridgehead atoms. The molecule has 5 aromatic rings. The maximum absolute atomic E-state index is 12.2. The summed E-state index contributed by atoms with van der Waals surface area (Å²) in [5.74, 6) is -0.401. The van der Waals surface area contributed by atoms with Gasteiger partial charge >= 0.3 is 0 Å². The van der Waals surface area contributed by atoms with Crippen LogP contribution < -0.4 is 5.73 Å². The van der Waals surface area contributed by atoms with Gasteiger partial charge in [-0.3, -0.25) is 4.79 Å². The summed E-state index contributed by atoms with van der Waals surface area (Å²) in [6, 6.07) is 31.1. The number of rotatable bonds is 4. The largest absolute Gasteiger partial charge is 0.366 e. The summed E-state index contributed by atoms with van der Waals surface area (Å²) >= 11 is 0. The van der Waals surface area contributed by atoms with Gasteiger partial charge in [-0.2, -0.15) is 0 Å². The van der Waals surface area contributed by atoms with E-state index in [1.54, 1.807) is 0 Å². The first kappa shape index (κ1) is 18.2. The molecule has 3 nitrogen and oxygen atoms in total. The molecular weight excluding hydrogens is 368 g/mol. The molecular formula is C27H22N2O. The summed E-state index contributed by atoms with van der Waals surface area (Å²) in [6.45, 7) is 2.83. The fourth-order valence-corrected chi connectivity index (χ4v) is 4.32. The van der Waals surface area contributed by atoms with Crippen LogP contribution in [0.15, 0.2) is 91.0 Å². The highest BCUT2D eigenvalue weighted by atomic mass is 16.1. The first-order chi connectivity index (χ1) is 14.6. The van der Waals surface area contributed by atoms with Crippen molar-refractivity contribution >= 4 is 27.7 Å². The molecule has 3 heteroatoms. The van der Waals surface area contributed by atoms with E-state index in [2.05, 4.69) is 72.2 Å². The van der Waals surface area contributed by atoms with Gasteiger partial charge in [-0.1, -0.05) is 78.4 Å². The van der Waals surface area contributed by atoms with Gasteiger partial charge in [-0.15, -0.1) is 0 Å². The van der Waals surface area contributed by atoms with Gasteiger partial charge < -0.3 is 10.3 Å². The van der Waals surface area contributed by atoms with Crippen LogP contribution >= 0.6 is 0 Å². The number of aryl methyl sites for hydroxylation is 1. The zero-order chi connectivity index (χ0) is 20.7. The number of hydrogen-bond acceptors (Lipinski definition) is 1. The number of aromatic nitrogens is 1. The van der Waals surface area contributed by atoms with Crippen LogP contribution in [0.5, 0.6) is 0 Å². The van der Waals surface area contributed by atoms with E-state index in [4.69, 9.17) is 5.73 Å². The topological polar surface area (TPSA) is 48.0 Å². The van der Waals surface area contributed by atoms with Gasteiger partial charge in [-0.05, 0) is 41.8 Å². The lowest BCUT2D eigenvalue weighted by molar-refractivity contribution is 0.100. The van der Waals surface area contributed by atoms with Crippen LogP contribution in [-0.4, -0.2) is 10.5 Å². The Bertz CT molecular complexity index is 1400. The highest BCUT2D eigenvalue weighted by Gasteiger charge is 2.17. The van der Waals surface area contributed by atoms with Crippen LogP contribution in [-0.2, 0) is 6.54 Å². The van der Waals surface area contributed by atoms with Gasteiger partial charge in [0.2, 0.25) is 5.91 Å². The molecule has 0 aliphatic heterocycles. The number of nitrogens with zero attached hydrogens (tertiary/aromatic N) is 1. The molecule has 1 heterocycles. The zero-order valence-corrected chi connectivity index (χ0v) is 16.8. The van der Waals surface area contributed by atoms with Gasteiger partial charge in [0.15, 0.2) is 0 Å². The number of nitrogens with two attached hydrogens (primary N) is 1. The molecule has 0 unspecified atom stereocenters. The quantitative estimate of drug-likeness (QED) is 0.407. The Morgan fingerprint density at radius 3 is 2.37 bits per heavy atom. The molecule has 146 valence electrons. The van der Waals surface area contributed by atoms with Gasteiger partial charge in [-0.25, -0.2) is 0 Å². The Morgan fingerprint density at radius 1 is 0.800 bits per heavy atom. The van der Waals surface area contributed by atoms with E-state index in [1.807, 2.05) is 30.3 Å². The van der Waals surface area contributed by atoms with E-state index in [0.717, 1.165) is 33.9 Å². The first-order valence-corrected chi connectivity index (χ1v) is 10.1. The minimum atomic E-state index is -0.401. The molecule has 0 spiro atoms. The third kappa shape index (κ3) is 3.05. The predicted molar refractivity (Wildman–Crippen MR) is 124 cm³/mol. The number of carbonyl (C=O) groups excluding carboxylic acids is 1. The molecule has 5 rings (SSSR count). The molecule has 0 aliphatic carbocycles. The van der Waals surface area contributed by atoms with E-state index in [-0.39, 0.29) is 0 Å². The maximum atomic E-state index is 12.2. The lowest BCUT2D eigenvalue weighted by atomic mass is 10.0. The number of carbonyl (C=O) groups is 1. The fourth-order valence-electron chi connectivity index (χ4n) is 4.32. The molecule has 1 amide bonds. The second-order valence-corrected chi connectivity index (χ2v) is 7.74. The summed E-state index contributed by atoms with van der Waals surface area (Å²) in [6.07, 6.45) is 0. The van der Waals surface area contributed by atoms with Crippen LogP contribution in [0.4, 0.5) is 0 Å². The van der Waals surface area contributed by atoms with Gasteiger partial charge in [0.1, 0.15) is 0 Å². The predicted octanol–water partition coefficient (Wildman–Crippen LogP) is 5.92. The molecule has 0 saturated heterocycles. The molecule has 4 aromatic carbocycles. The third-order valence-electron chi connectivity index (χ3n) is 5.69. The molecule has 1 aromatic heterocycles. The Morgan fingerprint density at radius 2 is 1.60 bits per heavy atom. The molecule has 0 saturated carbocycles. The van der Waals surface area contributed by atoms with Gasteiger partial charge in [0.25, 0.3) is 0 Å². The van der Waals surface area contributed by atoms with E-state index >= 15 is 0 Å². The monoisotopic (exact) mass is 390 g/mol. The van der Waals surface area contributed by atoms with E-state index in [0.29, 0.717) is 5.56 Å². The van der Waals surface area contributed by atoms with Gasteiger partial charge in [0, 0.05) is 22.9 Å². The van der Waals surface area contributed by atoms with Crippen LogP contribution in [0.3, 0.4) is 0 Å². The van der Waals surface area contributed by atoms with Crippen molar-refractivity contribution in [3.8, 4) is 11.1 Å². The Hall–Kier alpha value is -3.85. The lowest BCUT2D eigenvalue weighted by Gasteiger charge is -2.10. The second kappa shape index (κ2) is 7.20. The number of hydrogen-bond donors (Lipinski definition) is 1. The minimum Gasteiger partial charge on any atom is -0.366 e. The summed E-state index contributed by atoms with van der Waals surface area (Å²) < 4.78 is 2.29. The highest BCUT2D eigenvalue weighted by Crippen LogP contribution is 2.35. The number of primary amides is 1. The average molecular weight is 390 g/mol. The van der Waals surface area contributed by atoms with E-state index < -0.39 is 5.91 Å². The third-order valence-corrected chi connectivity index (χ3v) is 5.69. The lowest BCUT2D eigenvalue weighted by Crippen LogP contribution is -2.11. The van der Waals surface area contributed by atoms with Crippen LogP contribution in [0.1, 0.15) is 21.5 Å². The number of amides is 1. The molecule has 0 aliphatic rings. The van der Waals surface area contributed by atoms with Crippen molar-refractivity contribution < 1.29 is 4.79 Å². The summed E-state index contributed by atoms with van der Waals surface area (Å²) in [5, 5.41) is 1.97. The smallest absolute Gasteiger partial charge is 0.249 e. The molecule has 0 radical (unpaired) electrons. The summed E-state index contributed by atoms with van der Waals surface area (Å²) in [7, 11) is 0. The fraction of sp³-hybridized carbons (Fsp3) is 0.0741. The molecule has 0 fully saturated rings. The SMILES string of the molecule is Cc1cccc(Cn2c3cc(-c4ccccc4)ccc3c3c(C(N)=O)cccc32)c1. The summed E-state index contributed by atoms with van der Waals surface area (Å²) in [4.78, 5) is 12.2. The summed E-state index contributed by atoms with van der Waals surface area (Å²) in [5.41, 5.74) is 13.2. The molecule has 2 N–H and O–H groups in total. The minimum absolute atomic E-state index is 0.401. The van der Waals surface area contributed by atoms with Crippen molar-refractivity contribution in [3.63, 3.8) is 0 Å². The standard InChI is InChI=1S/C27H22N2O/c1-18-7-5-8-19(15-18)17-29-24-12-6-11-23(27(28)30)26(24)22-14-13-21(16-25(22)29)20-9-3-2-4-10-20/h2-16H,17H2,1H3,(H2,28,30). The highest BCUT2D eigenvalue weighted by molar-refractivity contribution is 6.18. The Kier molecular flexibility index (Phi) is 4.36. The van der Waals surface area contributed by atoms with Crippen molar-refractivity contribution in [3.05, 3.63) is 108 Å². The van der Waals surface area contributed by atoms with Gasteiger partial charge in [0.05, 0.1) is 11.0 Å². The Labute approximate surface area is 175 Å². The van der Waals surface area contributed by atoms with Crippen molar-refractivity contribution in [1.82, 2.24) is 4.57 Å². The van der Waals surface area contributed by atoms with Crippen molar-refractivity contribution in [2.45, 2.75) is 13.5 Å². The Balaban J connectivity index is 1.81. The van der Waals surface area contributed by atoms with Crippen molar-refractivity contribution in [2.75, 3.05) is 0 Å². The van der Waals surface area contributed by atoms with E-state index in [9.17, 15) is 4.79 Å². The average Bonchev–Trinajstić information content (AvgIpc) is 3.07. The van der Waals surface area contributed by atoms with Crippen molar-refractivity contribution in [1.29, 1.82) is 0 Å². The number of benzene rings is 4. The van der Waals surface area contributed by atoms with Crippen LogP contribution in [0.2, 0.25) is 0 Å². The maximum Gasteiger partial charge on any atom is 0.249 e. The second-order valence-electron chi connectivity index (χ2n) is 7.74. The molecule has 30 heavy (non-hydrogen) atoms. The van der Waals surface area contributed by atoms with Crippen LogP contribution in [0, 0.1) is 6.92 Å². The number of fused-ring (bicyclic) bond motifs is 3. The first-order valence-electron chi connectivity index (χ1n) is 10.1. The van der Waals surface area contributed by atoms with Crippen LogP contribution in [0.25, 0.3) is 32.9 Å². The zero-order valence-electron chi connectivity index (χ0n) is 16.8. The van der Waals surface area contributed by atoms with E-state index in [1.165, 1.54) is 16.7 Å².